The molecular formula is C27H29N5O2. The number of hydrogen-bond acceptors (Lipinski definition) is 6. The van der Waals surface area contributed by atoms with Gasteiger partial charge in [-0.2, -0.15) is 0 Å². The number of fused-ring (bicyclic) bond motifs is 3. The molecule has 3 heterocycles. The smallest absolute Gasteiger partial charge is 0.142 e. The summed E-state index contributed by atoms with van der Waals surface area (Å²) >= 11 is 0. The van der Waals surface area contributed by atoms with Crippen molar-refractivity contribution in [3.63, 3.8) is 0 Å². The summed E-state index contributed by atoms with van der Waals surface area (Å²) in [6.07, 6.45) is 0. The van der Waals surface area contributed by atoms with E-state index in [1.54, 1.807) is 7.11 Å². The van der Waals surface area contributed by atoms with Crippen LogP contribution < -0.4 is 9.64 Å². The zero-order chi connectivity index (χ0) is 24.0. The van der Waals surface area contributed by atoms with Crippen LogP contribution in [0.5, 0.6) is 5.75 Å². The standard InChI is InChI=1S/C27H29N5O2/c1-7-32(8-2)19-11-9-10-18(12-19)26-25-20-14-23(33-6)21(24-15(3)31-34-16(24)4)13-22(20)30-27(25)29-17(5)28-26/h9-14H,7-8H2,1-6H3,(H,28,29,30). The van der Waals surface area contributed by atoms with Gasteiger partial charge in [-0.25, -0.2) is 9.97 Å². The number of ether oxygens (including phenoxy) is 1. The molecule has 0 aliphatic heterocycles. The highest BCUT2D eigenvalue weighted by atomic mass is 16.5. The fraction of sp³-hybridized carbons (Fsp3) is 0.296. The monoisotopic (exact) mass is 455 g/mol. The summed E-state index contributed by atoms with van der Waals surface area (Å²) < 4.78 is 11.2. The summed E-state index contributed by atoms with van der Waals surface area (Å²) in [7, 11) is 1.69. The minimum atomic E-state index is 0.722. The summed E-state index contributed by atoms with van der Waals surface area (Å²) in [6.45, 7) is 12.0. The molecule has 0 atom stereocenters. The Morgan fingerprint density at radius 2 is 1.82 bits per heavy atom. The Morgan fingerprint density at radius 1 is 1.03 bits per heavy atom. The first kappa shape index (κ1) is 21.9. The minimum absolute atomic E-state index is 0.722. The third-order valence-electron chi connectivity index (χ3n) is 6.43. The van der Waals surface area contributed by atoms with E-state index in [-0.39, 0.29) is 0 Å². The van der Waals surface area contributed by atoms with E-state index in [4.69, 9.17) is 19.2 Å². The molecular weight excluding hydrogens is 426 g/mol. The molecule has 2 aromatic carbocycles. The third-order valence-corrected chi connectivity index (χ3v) is 6.43. The number of aromatic amines is 1. The maximum absolute atomic E-state index is 5.82. The van der Waals surface area contributed by atoms with Crippen LogP contribution in [0.3, 0.4) is 0 Å². The molecule has 34 heavy (non-hydrogen) atoms. The molecule has 0 saturated carbocycles. The number of methoxy groups -OCH3 is 1. The Hall–Kier alpha value is -3.87. The lowest BCUT2D eigenvalue weighted by molar-refractivity contribution is 0.393. The zero-order valence-electron chi connectivity index (χ0n) is 20.5. The van der Waals surface area contributed by atoms with Crippen molar-refractivity contribution in [1.29, 1.82) is 0 Å². The van der Waals surface area contributed by atoms with Gasteiger partial charge in [0.15, 0.2) is 0 Å². The van der Waals surface area contributed by atoms with Crippen LogP contribution in [0.25, 0.3) is 44.3 Å². The average Bonchev–Trinajstić information content (AvgIpc) is 3.36. The first-order valence-corrected chi connectivity index (χ1v) is 11.6. The summed E-state index contributed by atoms with van der Waals surface area (Å²) in [5.41, 5.74) is 7.65. The lowest BCUT2D eigenvalue weighted by atomic mass is 9.99. The highest BCUT2D eigenvalue weighted by Gasteiger charge is 2.21. The minimum Gasteiger partial charge on any atom is -0.496 e. The van der Waals surface area contributed by atoms with Crippen LogP contribution in [-0.2, 0) is 0 Å². The van der Waals surface area contributed by atoms with Crippen molar-refractivity contribution in [2.24, 2.45) is 0 Å². The van der Waals surface area contributed by atoms with Gasteiger partial charge in [-0.3, -0.25) is 0 Å². The molecule has 0 aliphatic carbocycles. The molecule has 174 valence electrons. The second kappa shape index (κ2) is 8.48. The Morgan fingerprint density at radius 3 is 2.50 bits per heavy atom. The van der Waals surface area contributed by atoms with Crippen LogP contribution in [0.2, 0.25) is 0 Å². The SMILES string of the molecule is CCN(CC)c1cccc(-c2nc(C)nc3[nH]c4cc(-c5c(C)noc5C)c(OC)cc4c23)c1. The van der Waals surface area contributed by atoms with Gasteiger partial charge in [0.05, 0.1) is 29.4 Å². The fourth-order valence-electron chi connectivity index (χ4n) is 4.82. The van der Waals surface area contributed by atoms with Gasteiger partial charge >= 0.3 is 0 Å². The molecule has 0 aliphatic rings. The summed E-state index contributed by atoms with van der Waals surface area (Å²) in [6, 6.07) is 12.7. The first-order valence-electron chi connectivity index (χ1n) is 11.6. The van der Waals surface area contributed by atoms with E-state index in [0.29, 0.717) is 0 Å². The number of nitrogens with one attached hydrogen (secondary N) is 1. The summed E-state index contributed by atoms with van der Waals surface area (Å²) in [4.78, 5) is 15.5. The largest absolute Gasteiger partial charge is 0.496 e. The number of anilines is 1. The van der Waals surface area contributed by atoms with E-state index in [9.17, 15) is 0 Å². The van der Waals surface area contributed by atoms with Gasteiger partial charge in [0.2, 0.25) is 0 Å². The van der Waals surface area contributed by atoms with Crippen molar-refractivity contribution in [2.45, 2.75) is 34.6 Å². The summed E-state index contributed by atoms with van der Waals surface area (Å²) in [5.74, 6) is 2.24. The quantitative estimate of drug-likeness (QED) is 0.328. The van der Waals surface area contributed by atoms with E-state index in [2.05, 4.69) is 65.3 Å². The van der Waals surface area contributed by atoms with Gasteiger partial charge in [0.1, 0.15) is 23.0 Å². The molecule has 0 radical (unpaired) electrons. The molecule has 3 aromatic heterocycles. The van der Waals surface area contributed by atoms with E-state index in [1.807, 2.05) is 20.8 Å². The number of hydrogen-bond donors (Lipinski definition) is 1. The number of H-pyrrole nitrogens is 1. The Balaban J connectivity index is 1.78. The van der Waals surface area contributed by atoms with Gasteiger partial charge in [0, 0.05) is 40.8 Å². The predicted molar refractivity (Wildman–Crippen MR) is 137 cm³/mol. The molecule has 5 rings (SSSR count). The second-order valence-corrected chi connectivity index (χ2v) is 8.49. The van der Waals surface area contributed by atoms with Crippen molar-refractivity contribution in [3.8, 4) is 28.1 Å². The molecule has 0 fully saturated rings. The maximum Gasteiger partial charge on any atom is 0.142 e. The molecule has 0 unspecified atom stereocenters. The molecule has 0 saturated heterocycles. The molecule has 0 bridgehead atoms. The first-order chi connectivity index (χ1) is 16.4. The van der Waals surface area contributed by atoms with Crippen molar-refractivity contribution in [2.75, 3.05) is 25.1 Å². The van der Waals surface area contributed by atoms with E-state index >= 15 is 0 Å². The van der Waals surface area contributed by atoms with Crippen LogP contribution in [0.15, 0.2) is 40.9 Å². The number of rotatable bonds is 6. The molecule has 0 amide bonds. The predicted octanol–water partition coefficient (Wildman–Crippen LogP) is 6.21. The lowest BCUT2D eigenvalue weighted by Crippen LogP contribution is -2.21. The van der Waals surface area contributed by atoms with Crippen molar-refractivity contribution in [1.82, 2.24) is 20.1 Å². The van der Waals surface area contributed by atoms with E-state index < -0.39 is 0 Å². The second-order valence-electron chi connectivity index (χ2n) is 8.49. The molecule has 1 N–H and O–H groups in total. The zero-order valence-corrected chi connectivity index (χ0v) is 20.5. The Labute approximate surface area is 198 Å². The molecule has 5 aromatic rings. The fourth-order valence-corrected chi connectivity index (χ4v) is 4.82. The van der Waals surface area contributed by atoms with Crippen LogP contribution in [-0.4, -0.2) is 40.3 Å². The Bertz CT molecular complexity index is 1490. The number of nitrogens with zero attached hydrogens (tertiary/aromatic N) is 4. The van der Waals surface area contributed by atoms with Crippen LogP contribution in [0.4, 0.5) is 5.69 Å². The highest BCUT2D eigenvalue weighted by Crippen LogP contribution is 2.41. The van der Waals surface area contributed by atoms with Crippen molar-refractivity contribution < 1.29 is 9.26 Å². The molecule has 7 heteroatoms. The van der Waals surface area contributed by atoms with E-state index in [1.165, 1.54) is 5.69 Å². The maximum atomic E-state index is 5.82. The van der Waals surface area contributed by atoms with Gasteiger partial charge in [-0.05, 0) is 58.9 Å². The van der Waals surface area contributed by atoms with Crippen LogP contribution in [0.1, 0.15) is 31.1 Å². The van der Waals surface area contributed by atoms with Gasteiger partial charge in [-0.15, -0.1) is 0 Å². The van der Waals surface area contributed by atoms with Gasteiger partial charge in [0.25, 0.3) is 0 Å². The van der Waals surface area contributed by atoms with E-state index in [0.717, 1.165) is 80.4 Å². The van der Waals surface area contributed by atoms with Crippen LogP contribution in [0, 0.1) is 20.8 Å². The molecule has 7 nitrogen and oxygen atoms in total. The van der Waals surface area contributed by atoms with Gasteiger partial charge in [-0.1, -0.05) is 17.3 Å². The highest BCUT2D eigenvalue weighted by molar-refractivity contribution is 6.13. The normalized spacial score (nSPS) is 11.5. The Kier molecular flexibility index (Phi) is 5.48. The summed E-state index contributed by atoms with van der Waals surface area (Å²) in [5, 5.41) is 6.13. The number of benzene rings is 2. The third kappa shape index (κ3) is 3.48. The average molecular weight is 456 g/mol. The van der Waals surface area contributed by atoms with Gasteiger partial charge < -0.3 is 19.1 Å². The lowest BCUT2D eigenvalue weighted by Gasteiger charge is -2.21. The van der Waals surface area contributed by atoms with Crippen molar-refractivity contribution >= 4 is 27.6 Å². The molecule has 0 spiro atoms. The topological polar surface area (TPSA) is 80.1 Å². The van der Waals surface area contributed by atoms with Crippen LogP contribution >= 0.6 is 0 Å². The number of aryl methyl sites for hydroxylation is 3. The van der Waals surface area contributed by atoms with Crippen molar-refractivity contribution in [3.05, 3.63) is 53.7 Å². The number of aromatic nitrogens is 4.